The van der Waals surface area contributed by atoms with Crippen molar-refractivity contribution in [2.24, 2.45) is 0 Å². The summed E-state index contributed by atoms with van der Waals surface area (Å²) in [6, 6.07) is 29.2. The van der Waals surface area contributed by atoms with Gasteiger partial charge in [0, 0.05) is 34.1 Å². The molecule has 5 atom stereocenters. The quantitative estimate of drug-likeness (QED) is 0.174. The van der Waals surface area contributed by atoms with E-state index in [4.69, 9.17) is 23.7 Å². The van der Waals surface area contributed by atoms with Crippen molar-refractivity contribution in [2.45, 2.75) is 64.6 Å². The monoisotopic (exact) mass is 648 g/mol. The smallest absolute Gasteiger partial charge is 0.303 e. The Bertz CT molecular complexity index is 1490. The molecule has 3 aromatic rings. The third-order valence-electron chi connectivity index (χ3n) is 7.32. The Balaban J connectivity index is 1.86. The SMILES string of the molecule is CC(=O)OC[C@H]1O[C@H](CC(=O)C=P(c2ccccc2)(c2ccccc2)c2ccccc2)[C@H](OC(C)=O)[C@@H](OC(C)=O)[C@@H]1OC(C)=O. The van der Waals surface area contributed by atoms with Crippen LogP contribution in [0.3, 0.4) is 0 Å². The van der Waals surface area contributed by atoms with E-state index in [9.17, 15) is 24.0 Å². The Labute approximate surface area is 267 Å². The number of esters is 4. The van der Waals surface area contributed by atoms with Crippen molar-refractivity contribution in [3.63, 3.8) is 0 Å². The van der Waals surface area contributed by atoms with Gasteiger partial charge in [-0.15, -0.1) is 0 Å². The average molecular weight is 649 g/mol. The van der Waals surface area contributed by atoms with Crippen molar-refractivity contribution in [2.75, 3.05) is 6.61 Å². The molecule has 46 heavy (non-hydrogen) atoms. The second kappa shape index (κ2) is 15.7. The maximum atomic E-state index is 14.3. The van der Waals surface area contributed by atoms with Gasteiger partial charge < -0.3 is 23.7 Å². The van der Waals surface area contributed by atoms with Crippen LogP contribution in [0.5, 0.6) is 0 Å². The minimum Gasteiger partial charge on any atom is -0.463 e. The van der Waals surface area contributed by atoms with Crippen LogP contribution < -0.4 is 15.9 Å². The number of ether oxygens (including phenoxy) is 5. The van der Waals surface area contributed by atoms with Crippen LogP contribution in [0, 0.1) is 0 Å². The molecule has 0 unspecified atom stereocenters. The Kier molecular flexibility index (Phi) is 11.7. The highest BCUT2D eigenvalue weighted by Gasteiger charge is 2.52. The second-order valence-electron chi connectivity index (χ2n) is 10.8. The summed E-state index contributed by atoms with van der Waals surface area (Å²) in [5.74, 6) is -1.43. The van der Waals surface area contributed by atoms with E-state index in [1.807, 2.05) is 91.0 Å². The maximum absolute atomic E-state index is 14.3. The predicted molar refractivity (Wildman–Crippen MR) is 173 cm³/mol. The third-order valence-corrected chi connectivity index (χ3v) is 11.3. The molecule has 0 saturated carbocycles. The van der Waals surface area contributed by atoms with Gasteiger partial charge in [0.25, 0.3) is 0 Å². The molecule has 0 amide bonds. The van der Waals surface area contributed by atoms with E-state index in [0.717, 1.165) is 29.8 Å². The van der Waals surface area contributed by atoms with E-state index in [2.05, 4.69) is 0 Å². The normalized spacial score (nSPS) is 20.9. The molecule has 1 saturated heterocycles. The predicted octanol–water partition coefficient (Wildman–Crippen LogP) is 2.87. The second-order valence-corrected chi connectivity index (χ2v) is 14.0. The van der Waals surface area contributed by atoms with Gasteiger partial charge in [-0.3, -0.25) is 24.0 Å². The van der Waals surface area contributed by atoms with E-state index in [0.29, 0.717) is 0 Å². The molecular weight excluding hydrogens is 611 g/mol. The zero-order chi connectivity index (χ0) is 33.3. The summed E-state index contributed by atoms with van der Waals surface area (Å²) in [7, 11) is 0. The largest absolute Gasteiger partial charge is 0.463 e. The molecule has 1 aliphatic heterocycles. The van der Waals surface area contributed by atoms with E-state index < -0.39 is 61.3 Å². The summed E-state index contributed by atoms with van der Waals surface area (Å²) in [6.07, 6.45) is -6.57. The topological polar surface area (TPSA) is 132 Å². The standard InChI is InChI=1S/C35H37O10P/c1-23(36)41-21-32-34(43-25(3)38)35(44-26(4)39)33(42-24(2)37)31(45-32)20-27(40)22-46(28-14-8-5-9-15-28,29-16-10-6-11-17-29)30-18-12-7-13-19-30/h5-19,22,31-35H,20-21H2,1-4H3/t31-,32-,33+,34-,35-/m1/s1. The number of carbonyl (C=O) groups is 5. The molecule has 4 rings (SSSR count). The number of hydrogen-bond donors (Lipinski definition) is 0. The number of rotatable bonds is 11. The highest BCUT2D eigenvalue weighted by molar-refractivity contribution is 7.95. The molecule has 1 fully saturated rings. The van der Waals surface area contributed by atoms with Crippen molar-refractivity contribution in [3.8, 4) is 0 Å². The van der Waals surface area contributed by atoms with Crippen molar-refractivity contribution < 1.29 is 47.7 Å². The van der Waals surface area contributed by atoms with Crippen LogP contribution in [0.15, 0.2) is 91.0 Å². The number of Topliss-reactive ketones (excluding diaryl/α,β-unsaturated/α-hetero) is 1. The molecule has 1 aliphatic rings. The zero-order valence-corrected chi connectivity index (χ0v) is 27.0. The first-order valence-electron chi connectivity index (χ1n) is 14.8. The fraction of sp³-hybridized carbons (Fsp3) is 0.314. The maximum Gasteiger partial charge on any atom is 0.303 e. The fourth-order valence-corrected chi connectivity index (χ4v) is 9.42. The average Bonchev–Trinajstić information content (AvgIpc) is 3.02. The van der Waals surface area contributed by atoms with Crippen molar-refractivity contribution in [1.82, 2.24) is 0 Å². The molecule has 3 aromatic carbocycles. The molecular formula is C35H37O10P. The van der Waals surface area contributed by atoms with Crippen LogP contribution in [0.1, 0.15) is 34.1 Å². The Morgan fingerprint density at radius 3 is 1.37 bits per heavy atom. The van der Waals surface area contributed by atoms with Crippen LogP contribution in [-0.4, -0.2) is 72.6 Å². The summed E-state index contributed by atoms with van der Waals surface area (Å²) >= 11 is 0. The van der Waals surface area contributed by atoms with Gasteiger partial charge in [-0.2, -0.15) is 0 Å². The van der Waals surface area contributed by atoms with E-state index >= 15 is 0 Å². The summed E-state index contributed by atoms with van der Waals surface area (Å²) < 4.78 is 28.0. The molecule has 0 N–H and O–H groups in total. The van der Waals surface area contributed by atoms with Crippen molar-refractivity contribution >= 4 is 58.3 Å². The minimum absolute atomic E-state index is 0.298. The van der Waals surface area contributed by atoms with Gasteiger partial charge >= 0.3 is 23.9 Å². The lowest BCUT2D eigenvalue weighted by atomic mass is 9.92. The Morgan fingerprint density at radius 2 is 0.978 bits per heavy atom. The van der Waals surface area contributed by atoms with Gasteiger partial charge in [0.2, 0.25) is 0 Å². The first kappa shape index (κ1) is 34.3. The van der Waals surface area contributed by atoms with Gasteiger partial charge in [-0.25, -0.2) is 0 Å². The van der Waals surface area contributed by atoms with Crippen molar-refractivity contribution in [1.29, 1.82) is 0 Å². The molecule has 242 valence electrons. The van der Waals surface area contributed by atoms with E-state index in [1.165, 1.54) is 13.8 Å². The highest BCUT2D eigenvalue weighted by Crippen LogP contribution is 2.44. The molecule has 10 nitrogen and oxygen atoms in total. The summed E-state index contributed by atoms with van der Waals surface area (Å²) in [6.45, 7) is 1.60. The first-order valence-corrected chi connectivity index (χ1v) is 16.6. The first-order chi connectivity index (χ1) is 22.0. The molecule has 0 aromatic heterocycles. The molecule has 11 heteroatoms. The minimum atomic E-state index is -2.70. The van der Waals surface area contributed by atoms with Gasteiger partial charge in [0.15, 0.2) is 24.1 Å². The lowest BCUT2D eigenvalue weighted by Crippen LogP contribution is -2.62. The van der Waals surface area contributed by atoms with E-state index in [-0.39, 0.29) is 18.8 Å². The lowest BCUT2D eigenvalue weighted by Gasteiger charge is -2.44. The van der Waals surface area contributed by atoms with Crippen LogP contribution >= 0.6 is 6.89 Å². The third kappa shape index (κ3) is 8.38. The van der Waals surface area contributed by atoms with Gasteiger partial charge in [0.1, 0.15) is 18.8 Å². The molecule has 0 aliphatic carbocycles. The van der Waals surface area contributed by atoms with Crippen molar-refractivity contribution in [3.05, 3.63) is 91.0 Å². The summed E-state index contributed by atoms with van der Waals surface area (Å²) in [5.41, 5.74) is 0. The summed E-state index contributed by atoms with van der Waals surface area (Å²) in [5, 5.41) is 2.84. The van der Waals surface area contributed by atoms with Crippen LogP contribution in [0.25, 0.3) is 0 Å². The number of ketones is 1. The molecule has 0 spiro atoms. The van der Waals surface area contributed by atoms with Gasteiger partial charge in [-0.05, 0) is 28.6 Å². The number of benzene rings is 3. The highest BCUT2D eigenvalue weighted by atomic mass is 31.2. The van der Waals surface area contributed by atoms with Gasteiger partial charge in [0.05, 0.1) is 0 Å². The Morgan fingerprint density at radius 1 is 0.587 bits per heavy atom. The Hall–Kier alpha value is -4.53. The van der Waals surface area contributed by atoms with Crippen LogP contribution in [-0.2, 0) is 47.7 Å². The molecule has 0 bridgehead atoms. The lowest BCUT2D eigenvalue weighted by molar-refractivity contribution is -0.252. The number of carbonyl (C=O) groups excluding carboxylic acids is 5. The van der Waals surface area contributed by atoms with Gasteiger partial charge in [-0.1, -0.05) is 91.0 Å². The van der Waals surface area contributed by atoms with Crippen LogP contribution in [0.2, 0.25) is 0 Å². The molecule has 1 heterocycles. The zero-order valence-electron chi connectivity index (χ0n) is 26.1. The fourth-order valence-electron chi connectivity index (χ4n) is 5.61. The van der Waals surface area contributed by atoms with E-state index in [1.54, 1.807) is 5.80 Å². The molecule has 0 radical (unpaired) electrons. The van der Waals surface area contributed by atoms with Crippen LogP contribution in [0.4, 0.5) is 0 Å². The number of hydrogen-bond acceptors (Lipinski definition) is 10. The summed E-state index contributed by atoms with van der Waals surface area (Å²) in [4.78, 5) is 62.6.